The van der Waals surface area contributed by atoms with Gasteiger partial charge >= 0.3 is 0 Å². The monoisotopic (exact) mass is 350 g/mol. The largest absolute Gasteiger partial charge is 0.497 e. The van der Waals surface area contributed by atoms with Crippen molar-refractivity contribution in [2.75, 3.05) is 19.0 Å². The van der Waals surface area contributed by atoms with Crippen molar-refractivity contribution < 1.29 is 18.7 Å². The predicted octanol–water partition coefficient (Wildman–Crippen LogP) is 3.39. The molecule has 2 aromatic rings. The van der Waals surface area contributed by atoms with Crippen molar-refractivity contribution in [2.24, 2.45) is 0 Å². The number of carbonyl (C=O) groups is 1. The third-order valence-electron chi connectivity index (χ3n) is 3.32. The van der Waals surface area contributed by atoms with E-state index >= 15 is 0 Å². The van der Waals surface area contributed by atoms with Crippen LogP contribution in [0.4, 0.5) is 10.1 Å². The summed E-state index contributed by atoms with van der Waals surface area (Å²) in [5.41, 5.74) is 0.224. The number of rotatable bonds is 6. The summed E-state index contributed by atoms with van der Waals surface area (Å²) in [5, 5.41) is 11.7. The number of carbonyl (C=O) groups excluding carboxylic acids is 1. The van der Waals surface area contributed by atoms with Gasteiger partial charge in [-0.15, -0.1) is 6.42 Å². The van der Waals surface area contributed by atoms with Gasteiger partial charge in [-0.25, -0.2) is 4.39 Å². The molecule has 0 aromatic heterocycles. The van der Waals surface area contributed by atoms with Crippen LogP contribution in [0.1, 0.15) is 5.56 Å². The first-order valence-corrected chi connectivity index (χ1v) is 7.51. The highest BCUT2D eigenvalue weighted by molar-refractivity contribution is 6.09. The highest BCUT2D eigenvalue weighted by Gasteiger charge is 2.13. The van der Waals surface area contributed by atoms with E-state index in [1.54, 1.807) is 30.3 Å². The van der Waals surface area contributed by atoms with Gasteiger partial charge in [-0.1, -0.05) is 18.1 Å². The fourth-order valence-electron chi connectivity index (χ4n) is 2.06. The minimum atomic E-state index is -0.740. The van der Waals surface area contributed by atoms with E-state index in [-0.39, 0.29) is 17.9 Å². The summed E-state index contributed by atoms with van der Waals surface area (Å²) in [6.07, 6.45) is 6.53. The molecule has 0 aliphatic carbocycles. The zero-order chi connectivity index (χ0) is 18.9. The third kappa shape index (κ3) is 4.62. The molecule has 0 bridgehead atoms. The molecule has 1 N–H and O–H groups in total. The van der Waals surface area contributed by atoms with Crippen molar-refractivity contribution in [3.63, 3.8) is 0 Å². The van der Waals surface area contributed by atoms with Crippen molar-refractivity contribution in [3.8, 4) is 29.9 Å². The van der Waals surface area contributed by atoms with Gasteiger partial charge in [0.25, 0.3) is 5.91 Å². The molecule has 0 aliphatic heterocycles. The van der Waals surface area contributed by atoms with Crippen LogP contribution in [0.15, 0.2) is 48.0 Å². The first-order valence-electron chi connectivity index (χ1n) is 7.51. The molecule has 2 rings (SSSR count). The first kappa shape index (κ1) is 18.6. The first-order chi connectivity index (χ1) is 12.6. The Balaban J connectivity index is 2.33. The topological polar surface area (TPSA) is 71.3 Å². The quantitative estimate of drug-likeness (QED) is 0.492. The molecular formula is C20H15FN2O3. The lowest BCUT2D eigenvalue weighted by Gasteiger charge is -2.10. The zero-order valence-electron chi connectivity index (χ0n) is 14.0. The average molecular weight is 350 g/mol. The summed E-state index contributed by atoms with van der Waals surface area (Å²) in [5.74, 6) is 1.89. The van der Waals surface area contributed by atoms with Gasteiger partial charge in [0.15, 0.2) is 0 Å². The molecule has 1 amide bonds. The van der Waals surface area contributed by atoms with E-state index in [1.165, 1.54) is 31.4 Å². The van der Waals surface area contributed by atoms with E-state index in [1.807, 2.05) is 0 Å². The fraction of sp³-hybridized carbons (Fsp3) is 0.100. The SMILES string of the molecule is C#CCOc1cc(OC)ccc1/C=C(\C#N)C(=O)Nc1ccccc1F. The summed E-state index contributed by atoms with van der Waals surface area (Å²) >= 11 is 0. The number of methoxy groups -OCH3 is 1. The molecule has 2 aromatic carbocycles. The molecular weight excluding hydrogens is 335 g/mol. The Bertz CT molecular complexity index is 923. The second-order valence-electron chi connectivity index (χ2n) is 5.00. The van der Waals surface area contributed by atoms with Gasteiger partial charge in [-0.3, -0.25) is 4.79 Å². The van der Waals surface area contributed by atoms with E-state index in [9.17, 15) is 14.4 Å². The predicted molar refractivity (Wildman–Crippen MR) is 95.9 cm³/mol. The molecule has 0 heterocycles. The molecule has 0 unspecified atom stereocenters. The van der Waals surface area contributed by atoms with Gasteiger partial charge in [0, 0.05) is 11.6 Å². The van der Waals surface area contributed by atoms with Crippen LogP contribution in [0.5, 0.6) is 11.5 Å². The summed E-state index contributed by atoms with van der Waals surface area (Å²) < 4.78 is 24.2. The Morgan fingerprint density at radius 2 is 2.12 bits per heavy atom. The zero-order valence-corrected chi connectivity index (χ0v) is 14.0. The second-order valence-corrected chi connectivity index (χ2v) is 5.00. The number of ether oxygens (including phenoxy) is 2. The van der Waals surface area contributed by atoms with Crippen LogP contribution in [0.3, 0.4) is 0 Å². The van der Waals surface area contributed by atoms with E-state index < -0.39 is 11.7 Å². The highest BCUT2D eigenvalue weighted by Crippen LogP contribution is 2.27. The van der Waals surface area contributed by atoms with Crippen LogP contribution in [0, 0.1) is 29.5 Å². The molecule has 0 fully saturated rings. The summed E-state index contributed by atoms with van der Waals surface area (Å²) in [6.45, 7) is 0.0112. The van der Waals surface area contributed by atoms with Gasteiger partial charge in [0.05, 0.1) is 12.8 Å². The highest BCUT2D eigenvalue weighted by atomic mass is 19.1. The Labute approximate surface area is 150 Å². The number of hydrogen-bond acceptors (Lipinski definition) is 4. The standard InChI is InChI=1S/C20H15FN2O3/c1-3-10-26-19-12-16(25-2)9-8-14(19)11-15(13-22)20(24)23-18-7-5-4-6-17(18)21/h1,4-9,11-12H,10H2,2H3,(H,23,24)/b15-11+. The summed E-state index contributed by atoms with van der Waals surface area (Å²) in [7, 11) is 1.50. The van der Waals surface area contributed by atoms with E-state index in [0.29, 0.717) is 17.1 Å². The van der Waals surface area contributed by atoms with E-state index in [2.05, 4.69) is 11.2 Å². The number of anilines is 1. The lowest BCUT2D eigenvalue weighted by atomic mass is 10.1. The molecule has 130 valence electrons. The van der Waals surface area contributed by atoms with Crippen molar-refractivity contribution in [2.45, 2.75) is 0 Å². The maximum atomic E-state index is 13.7. The van der Waals surface area contributed by atoms with Gasteiger partial charge in [0.1, 0.15) is 35.6 Å². The summed E-state index contributed by atoms with van der Waals surface area (Å²) in [6, 6.07) is 12.3. The molecule has 0 saturated heterocycles. The van der Waals surface area contributed by atoms with Crippen molar-refractivity contribution in [1.29, 1.82) is 5.26 Å². The Kier molecular flexibility index (Phi) is 6.36. The molecule has 5 nitrogen and oxygen atoms in total. The van der Waals surface area contributed by atoms with Gasteiger partial charge in [-0.2, -0.15) is 5.26 Å². The Morgan fingerprint density at radius 1 is 1.35 bits per heavy atom. The average Bonchev–Trinajstić information content (AvgIpc) is 2.66. The number of amides is 1. The van der Waals surface area contributed by atoms with Crippen molar-refractivity contribution in [3.05, 3.63) is 59.4 Å². The normalized spacial score (nSPS) is 10.4. The van der Waals surface area contributed by atoms with Crippen LogP contribution in [-0.2, 0) is 4.79 Å². The van der Waals surface area contributed by atoms with E-state index in [0.717, 1.165) is 0 Å². The van der Waals surface area contributed by atoms with E-state index in [4.69, 9.17) is 15.9 Å². The van der Waals surface area contributed by atoms with Crippen LogP contribution in [0.25, 0.3) is 6.08 Å². The minimum Gasteiger partial charge on any atom is -0.497 e. The molecule has 0 radical (unpaired) electrons. The van der Waals surface area contributed by atoms with Crippen LogP contribution >= 0.6 is 0 Å². The van der Waals surface area contributed by atoms with Crippen LogP contribution in [-0.4, -0.2) is 19.6 Å². The van der Waals surface area contributed by atoms with Gasteiger partial charge < -0.3 is 14.8 Å². The van der Waals surface area contributed by atoms with Gasteiger partial charge in [0.2, 0.25) is 0 Å². The maximum Gasteiger partial charge on any atom is 0.266 e. The Morgan fingerprint density at radius 3 is 2.77 bits per heavy atom. The lowest BCUT2D eigenvalue weighted by Crippen LogP contribution is -2.14. The molecule has 6 heteroatoms. The fourth-order valence-corrected chi connectivity index (χ4v) is 2.06. The van der Waals surface area contributed by atoms with Gasteiger partial charge in [-0.05, 0) is 30.3 Å². The second kappa shape index (κ2) is 8.91. The molecule has 0 saturated carbocycles. The van der Waals surface area contributed by atoms with Crippen molar-refractivity contribution >= 4 is 17.7 Å². The number of nitrogens with zero attached hydrogens (tertiary/aromatic N) is 1. The number of para-hydroxylation sites is 1. The lowest BCUT2D eigenvalue weighted by molar-refractivity contribution is -0.112. The van der Waals surface area contributed by atoms with Crippen LogP contribution < -0.4 is 14.8 Å². The number of hydrogen-bond donors (Lipinski definition) is 1. The molecule has 0 atom stereocenters. The number of nitriles is 1. The maximum absolute atomic E-state index is 13.7. The molecule has 26 heavy (non-hydrogen) atoms. The molecule has 0 spiro atoms. The minimum absolute atomic E-state index is 0.0112. The Hall–Kier alpha value is -3.77. The van der Waals surface area contributed by atoms with Crippen molar-refractivity contribution in [1.82, 2.24) is 0 Å². The number of terminal acetylenes is 1. The number of halogens is 1. The third-order valence-corrected chi connectivity index (χ3v) is 3.32. The number of benzene rings is 2. The van der Waals surface area contributed by atoms with Crippen LogP contribution in [0.2, 0.25) is 0 Å². The molecule has 0 aliphatic rings. The smallest absolute Gasteiger partial charge is 0.266 e. The number of nitrogens with one attached hydrogen (secondary N) is 1. The summed E-state index contributed by atoms with van der Waals surface area (Å²) in [4.78, 5) is 12.3.